The lowest BCUT2D eigenvalue weighted by atomic mass is 9.95. The van der Waals surface area contributed by atoms with Crippen LogP contribution >= 0.6 is 0 Å². The summed E-state index contributed by atoms with van der Waals surface area (Å²) in [4.78, 5) is 41.3. The number of fused-ring (bicyclic) bond motifs is 2. The number of carbonyl (C=O) groups is 1. The average molecular weight is 617 g/mol. The molecule has 1 fully saturated rings. The normalized spacial score (nSPS) is 18.2. The third kappa shape index (κ3) is 4.76. The van der Waals surface area contributed by atoms with Gasteiger partial charge in [0.1, 0.15) is 17.2 Å². The van der Waals surface area contributed by atoms with Crippen molar-refractivity contribution >= 4 is 28.3 Å². The molecule has 2 atom stereocenters. The fourth-order valence-electron chi connectivity index (χ4n) is 6.88. The zero-order valence-electron chi connectivity index (χ0n) is 25.9. The molecule has 6 rings (SSSR count). The third-order valence-corrected chi connectivity index (χ3v) is 8.93. The molecule has 234 valence electrons. The molecule has 45 heavy (non-hydrogen) atoms. The smallest absolute Gasteiger partial charge is 0.354 e. The number of rotatable bonds is 4. The van der Waals surface area contributed by atoms with Gasteiger partial charge < -0.3 is 14.7 Å². The SMILES string of the molecule is C=CC(=O)N1CC(C)N2c3nc(=O)n(-c4c(C)ccnc4C(C)C)c4c(F)c(-c5ccccc5F)c(F)c(c34)N(C)CCC2C1. The lowest BCUT2D eigenvalue weighted by Gasteiger charge is -2.48. The zero-order chi connectivity index (χ0) is 32.3. The van der Waals surface area contributed by atoms with Crippen LogP contribution in [0.3, 0.4) is 0 Å². The molecule has 1 amide bonds. The van der Waals surface area contributed by atoms with Gasteiger partial charge in [0, 0.05) is 44.5 Å². The summed E-state index contributed by atoms with van der Waals surface area (Å²) in [6, 6.07) is 6.50. The Hall–Kier alpha value is -4.67. The number of halogens is 3. The van der Waals surface area contributed by atoms with Gasteiger partial charge in [0.2, 0.25) is 5.91 Å². The summed E-state index contributed by atoms with van der Waals surface area (Å²) in [6.07, 6.45) is 3.37. The van der Waals surface area contributed by atoms with E-state index in [-0.39, 0.29) is 51.9 Å². The summed E-state index contributed by atoms with van der Waals surface area (Å²) in [6.45, 7) is 12.1. The van der Waals surface area contributed by atoms with Crippen molar-refractivity contribution < 1.29 is 18.0 Å². The van der Waals surface area contributed by atoms with E-state index in [1.165, 1.54) is 28.8 Å². The monoisotopic (exact) mass is 616 g/mol. The molecule has 2 aliphatic heterocycles. The minimum Gasteiger partial charge on any atom is -0.371 e. The molecule has 0 radical (unpaired) electrons. The Kier molecular flexibility index (Phi) is 7.66. The molecule has 2 aliphatic rings. The van der Waals surface area contributed by atoms with Gasteiger partial charge in [-0.25, -0.2) is 18.0 Å². The van der Waals surface area contributed by atoms with E-state index in [9.17, 15) is 9.59 Å². The number of hydrogen-bond donors (Lipinski definition) is 0. The Labute approximate surface area is 259 Å². The van der Waals surface area contributed by atoms with Gasteiger partial charge in [-0.1, -0.05) is 38.6 Å². The van der Waals surface area contributed by atoms with Crippen molar-refractivity contribution in [2.45, 2.75) is 52.1 Å². The van der Waals surface area contributed by atoms with Crippen molar-refractivity contribution in [1.29, 1.82) is 0 Å². The van der Waals surface area contributed by atoms with E-state index < -0.39 is 28.7 Å². The predicted molar refractivity (Wildman–Crippen MR) is 170 cm³/mol. The first-order valence-electron chi connectivity index (χ1n) is 15.0. The highest BCUT2D eigenvalue weighted by molar-refractivity contribution is 6.05. The number of hydrogen-bond acceptors (Lipinski definition) is 6. The second-order valence-electron chi connectivity index (χ2n) is 12.2. The molecule has 4 heterocycles. The highest BCUT2D eigenvalue weighted by Gasteiger charge is 2.40. The van der Waals surface area contributed by atoms with Crippen LogP contribution in [0.5, 0.6) is 0 Å². The maximum atomic E-state index is 17.3. The van der Waals surface area contributed by atoms with Crippen LogP contribution in [0.2, 0.25) is 0 Å². The van der Waals surface area contributed by atoms with Gasteiger partial charge in [0.25, 0.3) is 0 Å². The van der Waals surface area contributed by atoms with Crippen LogP contribution in [-0.2, 0) is 4.79 Å². The summed E-state index contributed by atoms with van der Waals surface area (Å²) in [5, 5.41) is 0.102. The molecule has 0 aliphatic carbocycles. The number of piperazine rings is 1. The van der Waals surface area contributed by atoms with Gasteiger partial charge >= 0.3 is 5.69 Å². The molecule has 0 saturated carbocycles. The van der Waals surface area contributed by atoms with Crippen LogP contribution in [-0.4, -0.2) is 64.1 Å². The van der Waals surface area contributed by atoms with Crippen molar-refractivity contribution in [1.82, 2.24) is 19.4 Å². The Bertz CT molecular complexity index is 1920. The van der Waals surface area contributed by atoms with E-state index in [1.54, 1.807) is 36.0 Å². The van der Waals surface area contributed by atoms with E-state index in [4.69, 9.17) is 0 Å². The highest BCUT2D eigenvalue weighted by Crippen LogP contribution is 2.46. The van der Waals surface area contributed by atoms with Gasteiger partial charge in [-0.15, -0.1) is 0 Å². The molecule has 2 unspecified atom stereocenters. The molecule has 0 N–H and O–H groups in total. The highest BCUT2D eigenvalue weighted by atomic mass is 19.1. The van der Waals surface area contributed by atoms with Crippen LogP contribution in [0.15, 0.2) is 54.0 Å². The van der Waals surface area contributed by atoms with Crippen LogP contribution in [0, 0.1) is 24.4 Å². The average Bonchev–Trinajstić information content (AvgIpc) is 2.99. The molecule has 8 nitrogen and oxygen atoms in total. The topological polar surface area (TPSA) is 74.6 Å². The Morgan fingerprint density at radius 2 is 1.82 bits per heavy atom. The Morgan fingerprint density at radius 1 is 1.09 bits per heavy atom. The van der Waals surface area contributed by atoms with Gasteiger partial charge in [-0.3, -0.25) is 14.3 Å². The maximum absolute atomic E-state index is 17.3. The number of benzene rings is 2. The molecule has 4 aromatic rings. The summed E-state index contributed by atoms with van der Waals surface area (Å²) in [5.41, 5.74) is -0.249. The van der Waals surface area contributed by atoms with Crippen LogP contribution in [0.25, 0.3) is 27.7 Å². The van der Waals surface area contributed by atoms with E-state index in [0.717, 1.165) is 6.07 Å². The number of amides is 1. The molecule has 2 aromatic carbocycles. The molecule has 11 heteroatoms. The van der Waals surface area contributed by atoms with Gasteiger partial charge in [0.05, 0.1) is 34.1 Å². The fraction of sp³-hybridized carbons (Fsp3) is 0.353. The van der Waals surface area contributed by atoms with E-state index >= 15 is 13.2 Å². The van der Waals surface area contributed by atoms with Crippen molar-refractivity contribution in [2.75, 3.05) is 36.5 Å². The maximum Gasteiger partial charge on any atom is 0.354 e. The first kappa shape index (κ1) is 30.4. The first-order valence-corrected chi connectivity index (χ1v) is 15.0. The van der Waals surface area contributed by atoms with Gasteiger partial charge in [-0.2, -0.15) is 4.98 Å². The largest absolute Gasteiger partial charge is 0.371 e. The number of aromatic nitrogens is 3. The second-order valence-corrected chi connectivity index (χ2v) is 12.2. The van der Waals surface area contributed by atoms with Crippen molar-refractivity contribution in [2.24, 2.45) is 0 Å². The molecule has 1 saturated heterocycles. The molecular weight excluding hydrogens is 581 g/mol. The number of aryl methyl sites for hydroxylation is 1. The zero-order valence-corrected chi connectivity index (χ0v) is 25.9. The fourth-order valence-corrected chi connectivity index (χ4v) is 6.88. The van der Waals surface area contributed by atoms with Gasteiger partial charge in [0.15, 0.2) is 11.6 Å². The van der Waals surface area contributed by atoms with Crippen LogP contribution in [0.1, 0.15) is 44.4 Å². The Balaban J connectivity index is 1.80. The van der Waals surface area contributed by atoms with E-state index in [0.29, 0.717) is 43.0 Å². The van der Waals surface area contributed by atoms with Gasteiger partial charge in [-0.05, 0) is 50.0 Å². The van der Waals surface area contributed by atoms with E-state index in [1.807, 2.05) is 25.7 Å². The quantitative estimate of drug-likeness (QED) is 0.273. The first-order chi connectivity index (χ1) is 21.5. The number of anilines is 2. The number of nitrogens with zero attached hydrogens (tertiary/aromatic N) is 6. The molecule has 0 spiro atoms. The minimum atomic E-state index is -1.08. The van der Waals surface area contributed by atoms with Crippen molar-refractivity contribution in [3.05, 3.63) is 88.4 Å². The minimum absolute atomic E-state index is 0.0174. The summed E-state index contributed by atoms with van der Waals surface area (Å²) >= 11 is 0. The lowest BCUT2D eigenvalue weighted by Crippen LogP contribution is -2.60. The standard InChI is InChI=1S/C34H35F3N6O2/c1-7-24(44)41-16-20(5)42-21(17-41)13-15-40(6)31-26-32(28(37)25(27(31)36)22-10-8-9-11-23(22)35)43(34(45)39-33(26)42)30-19(4)12-14-38-29(30)18(2)3/h7-12,14,18,20-21H,1,13,15-17H2,2-6H3. The van der Waals surface area contributed by atoms with Crippen LogP contribution < -0.4 is 15.5 Å². The molecule has 2 aromatic heterocycles. The van der Waals surface area contributed by atoms with E-state index in [2.05, 4.69) is 16.5 Å². The molecular formula is C34H35F3N6O2. The number of carbonyl (C=O) groups excluding carboxylic acids is 1. The number of pyridine rings is 1. The van der Waals surface area contributed by atoms with Crippen molar-refractivity contribution in [3.8, 4) is 16.8 Å². The third-order valence-electron chi connectivity index (χ3n) is 8.93. The molecule has 0 bridgehead atoms. The summed E-state index contributed by atoms with van der Waals surface area (Å²) in [5.74, 6) is -3.06. The summed E-state index contributed by atoms with van der Waals surface area (Å²) in [7, 11) is 1.68. The predicted octanol–water partition coefficient (Wildman–Crippen LogP) is 5.73. The lowest BCUT2D eigenvalue weighted by molar-refractivity contribution is -0.127. The second kappa shape index (κ2) is 11.4. The van der Waals surface area contributed by atoms with Crippen molar-refractivity contribution in [3.63, 3.8) is 0 Å². The van der Waals surface area contributed by atoms with Crippen LogP contribution in [0.4, 0.5) is 24.7 Å². The summed E-state index contributed by atoms with van der Waals surface area (Å²) < 4.78 is 50.6. The Morgan fingerprint density at radius 3 is 2.51 bits per heavy atom.